The Morgan fingerprint density at radius 2 is 2.12 bits per heavy atom. The molecule has 1 aromatic rings. The molecule has 3 fully saturated rings. The van der Waals surface area contributed by atoms with Crippen LogP contribution in [0.15, 0.2) is 16.7 Å². The van der Waals surface area contributed by atoms with E-state index in [1.807, 2.05) is 6.26 Å². The highest BCUT2D eigenvalue weighted by Gasteiger charge is 2.50. The zero-order valence-electron chi connectivity index (χ0n) is 9.67. The van der Waals surface area contributed by atoms with Gasteiger partial charge >= 0.3 is 0 Å². The fourth-order valence-corrected chi connectivity index (χ4v) is 4.45. The summed E-state index contributed by atoms with van der Waals surface area (Å²) in [5.74, 6) is 3.07. The van der Waals surface area contributed by atoms with Crippen molar-refractivity contribution < 1.29 is 4.42 Å². The molecule has 1 aliphatic heterocycles. The first kappa shape index (κ1) is 9.29. The van der Waals surface area contributed by atoms with Crippen molar-refractivity contribution in [2.45, 2.75) is 44.1 Å². The first-order chi connectivity index (χ1) is 7.88. The number of rotatable bonds is 0. The lowest BCUT2D eigenvalue weighted by atomic mass is 9.57. The van der Waals surface area contributed by atoms with Crippen LogP contribution in [-0.4, -0.2) is 6.54 Å². The van der Waals surface area contributed by atoms with E-state index in [0.29, 0.717) is 5.54 Å². The maximum atomic E-state index is 5.65. The molecule has 0 amide bonds. The van der Waals surface area contributed by atoms with Crippen molar-refractivity contribution in [3.63, 3.8) is 0 Å². The summed E-state index contributed by atoms with van der Waals surface area (Å²) >= 11 is 0. The van der Waals surface area contributed by atoms with Crippen LogP contribution in [0.3, 0.4) is 0 Å². The lowest BCUT2D eigenvalue weighted by molar-refractivity contribution is 0.0322. The second kappa shape index (κ2) is 3.13. The molecule has 1 atom stereocenters. The molecule has 1 unspecified atom stereocenters. The van der Waals surface area contributed by atoms with E-state index in [0.717, 1.165) is 24.8 Å². The average Bonchev–Trinajstić information content (AvgIpc) is 2.80. The first-order valence-electron chi connectivity index (χ1n) is 6.70. The van der Waals surface area contributed by atoms with Gasteiger partial charge in [0.05, 0.1) is 11.8 Å². The summed E-state index contributed by atoms with van der Waals surface area (Å²) < 4.78 is 5.65. The van der Waals surface area contributed by atoms with E-state index in [2.05, 4.69) is 11.4 Å². The van der Waals surface area contributed by atoms with Gasteiger partial charge in [0.15, 0.2) is 0 Å². The Morgan fingerprint density at radius 1 is 1.25 bits per heavy atom. The minimum absolute atomic E-state index is 0.293. The van der Waals surface area contributed by atoms with Gasteiger partial charge in [-0.3, -0.25) is 0 Å². The van der Waals surface area contributed by atoms with E-state index in [4.69, 9.17) is 4.42 Å². The van der Waals surface area contributed by atoms with Crippen molar-refractivity contribution in [2.24, 2.45) is 11.8 Å². The quantitative estimate of drug-likeness (QED) is 0.723. The molecule has 0 radical (unpaired) electrons. The molecule has 3 aliphatic carbocycles. The number of fused-ring (bicyclic) bond motifs is 3. The van der Waals surface area contributed by atoms with E-state index in [-0.39, 0.29) is 0 Å². The van der Waals surface area contributed by atoms with Gasteiger partial charge in [-0.15, -0.1) is 0 Å². The number of hydrogen-bond acceptors (Lipinski definition) is 2. The molecule has 2 nitrogen and oxygen atoms in total. The highest BCUT2D eigenvalue weighted by Crippen LogP contribution is 2.53. The van der Waals surface area contributed by atoms with Crippen LogP contribution in [0.4, 0.5) is 0 Å². The van der Waals surface area contributed by atoms with Crippen LogP contribution in [0.25, 0.3) is 0 Å². The van der Waals surface area contributed by atoms with Crippen LogP contribution in [0.5, 0.6) is 0 Å². The molecular formula is C14H19NO. The second-order valence-corrected chi connectivity index (χ2v) is 5.83. The maximum absolute atomic E-state index is 5.65. The van der Waals surface area contributed by atoms with Gasteiger partial charge in [0.25, 0.3) is 0 Å². The average molecular weight is 217 g/mol. The lowest BCUT2D eigenvalue weighted by Gasteiger charge is -2.53. The summed E-state index contributed by atoms with van der Waals surface area (Å²) in [6.07, 6.45) is 10.1. The summed E-state index contributed by atoms with van der Waals surface area (Å²) in [6, 6.07) is 2.22. The van der Waals surface area contributed by atoms with Gasteiger partial charge in [-0.25, -0.2) is 0 Å². The molecule has 0 saturated heterocycles. The molecule has 5 rings (SSSR count). The largest absolute Gasteiger partial charge is 0.469 e. The van der Waals surface area contributed by atoms with Crippen LogP contribution in [-0.2, 0) is 12.0 Å². The van der Waals surface area contributed by atoms with E-state index in [1.54, 1.807) is 0 Å². The van der Waals surface area contributed by atoms with Crippen molar-refractivity contribution in [2.75, 3.05) is 6.54 Å². The van der Waals surface area contributed by atoms with Gasteiger partial charge < -0.3 is 9.73 Å². The van der Waals surface area contributed by atoms with E-state index in [9.17, 15) is 0 Å². The molecular weight excluding hydrogens is 198 g/mol. The monoisotopic (exact) mass is 217 g/mol. The Morgan fingerprint density at radius 3 is 2.88 bits per heavy atom. The van der Waals surface area contributed by atoms with Crippen molar-refractivity contribution in [1.82, 2.24) is 5.32 Å². The molecule has 16 heavy (non-hydrogen) atoms. The third-order valence-electron chi connectivity index (χ3n) is 5.17. The molecule has 2 bridgehead atoms. The van der Waals surface area contributed by atoms with Gasteiger partial charge in [-0.2, -0.15) is 0 Å². The molecule has 1 spiro atoms. The fourth-order valence-electron chi connectivity index (χ4n) is 4.45. The summed E-state index contributed by atoms with van der Waals surface area (Å²) in [6.45, 7) is 1.10. The molecule has 2 heteroatoms. The first-order valence-corrected chi connectivity index (χ1v) is 6.70. The maximum Gasteiger partial charge on any atom is 0.110 e. The number of hydrogen-bond donors (Lipinski definition) is 1. The molecule has 4 aliphatic rings. The molecule has 1 aromatic heterocycles. The summed E-state index contributed by atoms with van der Waals surface area (Å²) in [5.41, 5.74) is 1.79. The van der Waals surface area contributed by atoms with Crippen molar-refractivity contribution in [3.05, 3.63) is 23.7 Å². The zero-order valence-corrected chi connectivity index (χ0v) is 9.67. The minimum atomic E-state index is 0.293. The summed E-state index contributed by atoms with van der Waals surface area (Å²) in [4.78, 5) is 0. The summed E-state index contributed by atoms with van der Waals surface area (Å²) in [5, 5.41) is 3.85. The predicted molar refractivity (Wildman–Crippen MR) is 62.2 cm³/mol. The van der Waals surface area contributed by atoms with Crippen molar-refractivity contribution in [1.29, 1.82) is 0 Å². The van der Waals surface area contributed by atoms with Crippen LogP contribution in [0, 0.1) is 11.8 Å². The fraction of sp³-hybridized carbons (Fsp3) is 0.714. The van der Waals surface area contributed by atoms with E-state index in [1.165, 1.54) is 43.4 Å². The zero-order chi connectivity index (χ0) is 10.6. The van der Waals surface area contributed by atoms with Gasteiger partial charge in [0.1, 0.15) is 5.76 Å². The van der Waals surface area contributed by atoms with E-state index < -0.39 is 0 Å². The Hall–Kier alpha value is -0.760. The van der Waals surface area contributed by atoms with Gasteiger partial charge in [-0.05, 0) is 37.2 Å². The third-order valence-corrected chi connectivity index (χ3v) is 5.17. The van der Waals surface area contributed by atoms with Gasteiger partial charge in [-0.1, -0.05) is 12.8 Å². The highest BCUT2D eigenvalue weighted by atomic mass is 16.3. The molecule has 86 valence electrons. The third kappa shape index (κ3) is 1.06. The Balaban J connectivity index is 1.83. The smallest absolute Gasteiger partial charge is 0.110 e. The van der Waals surface area contributed by atoms with Gasteiger partial charge in [0.2, 0.25) is 0 Å². The van der Waals surface area contributed by atoms with Crippen LogP contribution < -0.4 is 5.32 Å². The summed E-state index contributed by atoms with van der Waals surface area (Å²) in [7, 11) is 0. The highest BCUT2D eigenvalue weighted by molar-refractivity contribution is 5.32. The van der Waals surface area contributed by atoms with Crippen molar-refractivity contribution >= 4 is 0 Å². The van der Waals surface area contributed by atoms with Crippen LogP contribution >= 0.6 is 0 Å². The van der Waals surface area contributed by atoms with E-state index >= 15 is 0 Å². The molecule has 2 heterocycles. The Labute approximate surface area is 96.4 Å². The van der Waals surface area contributed by atoms with Crippen LogP contribution in [0.1, 0.15) is 43.4 Å². The number of furan rings is 1. The van der Waals surface area contributed by atoms with Crippen LogP contribution in [0.2, 0.25) is 0 Å². The van der Waals surface area contributed by atoms with Crippen molar-refractivity contribution in [3.8, 4) is 0 Å². The Bertz CT molecular complexity index is 403. The predicted octanol–water partition coefficient (Wildman–Crippen LogP) is 2.83. The normalized spacial score (nSPS) is 41.2. The SMILES string of the molecule is c1cc2c(o1)CCNC21CC2CCC1CC2. The molecule has 0 aromatic carbocycles. The van der Waals surface area contributed by atoms with Gasteiger partial charge in [0, 0.05) is 18.5 Å². The lowest BCUT2D eigenvalue weighted by Crippen LogP contribution is -2.57. The number of nitrogens with one attached hydrogen (secondary N) is 1. The minimum Gasteiger partial charge on any atom is -0.469 e. The molecule has 1 N–H and O–H groups in total. The Kier molecular flexibility index (Phi) is 1.82. The topological polar surface area (TPSA) is 25.2 Å². The standard InChI is InChI=1S/C14H19NO/c1-3-11-4-2-10(1)9-14(11)12-6-8-16-13(12)5-7-15-14/h6,8,10-11,15H,1-5,7,9H2. The second-order valence-electron chi connectivity index (χ2n) is 5.83. The molecule has 3 saturated carbocycles.